The minimum absolute atomic E-state index is 0. The summed E-state index contributed by atoms with van der Waals surface area (Å²) < 4.78 is 0. The maximum atomic E-state index is 3.36. The third-order valence-corrected chi connectivity index (χ3v) is 6.13. The molecular weight excluding hydrogens is 539 g/mol. The molecule has 0 aliphatic heterocycles. The summed E-state index contributed by atoms with van der Waals surface area (Å²) in [5.41, 5.74) is 11.3. The molecule has 3 aromatic carbocycles. The Morgan fingerprint density at radius 2 is 1.42 bits per heavy atom. The van der Waals surface area contributed by atoms with Crippen LogP contribution in [-0.4, -0.2) is 5.43 Å². The second-order valence-electron chi connectivity index (χ2n) is 8.83. The Balaban J connectivity index is 0.000000580. The summed E-state index contributed by atoms with van der Waals surface area (Å²) >= 11 is 1.74. The van der Waals surface area contributed by atoms with Crippen molar-refractivity contribution in [1.82, 2.24) is 0 Å². The molecule has 0 aromatic heterocycles. The van der Waals surface area contributed by atoms with Crippen LogP contribution in [-0.2, 0) is 23.3 Å². The van der Waals surface area contributed by atoms with Crippen molar-refractivity contribution in [2.24, 2.45) is 5.92 Å². The molecule has 0 spiro atoms. The topological polar surface area (TPSA) is 0 Å². The molecule has 1 atom stereocenters. The number of halogens is 2. The molecule has 0 N–H and O–H groups in total. The zero-order valence-corrected chi connectivity index (χ0v) is 26.4. The molecule has 0 saturated carbocycles. The van der Waals surface area contributed by atoms with Gasteiger partial charge in [0.15, 0.2) is 0 Å². The minimum Gasteiger partial charge on any atom is -1.00 e. The van der Waals surface area contributed by atoms with Crippen molar-refractivity contribution in [2.45, 2.75) is 61.6 Å². The van der Waals surface area contributed by atoms with E-state index < -0.39 is 0 Å². The molecule has 0 fully saturated rings. The zero-order chi connectivity index (χ0) is 23.3. The van der Waals surface area contributed by atoms with Gasteiger partial charge in [0.05, 0.1) is 0 Å². The van der Waals surface area contributed by atoms with Crippen LogP contribution in [0.2, 0.25) is 13.1 Å². The quantitative estimate of drug-likeness (QED) is 0.310. The Bertz CT molecular complexity index is 1150. The predicted molar refractivity (Wildman–Crippen MR) is 137 cm³/mol. The van der Waals surface area contributed by atoms with E-state index in [9.17, 15) is 0 Å². The second kappa shape index (κ2) is 14.6. The minimum atomic E-state index is 0. The number of hydrogen-bond acceptors (Lipinski definition) is 0. The number of fused-ring (bicyclic) bond motifs is 1. The second-order valence-corrected chi connectivity index (χ2v) is 18.2. The molecule has 1 aliphatic carbocycles. The van der Waals surface area contributed by atoms with Crippen molar-refractivity contribution < 1.29 is 48.1 Å². The summed E-state index contributed by atoms with van der Waals surface area (Å²) in [5.74, 6) is 0.560. The Morgan fingerprint density at radius 1 is 0.879 bits per heavy atom. The SMILES string of the molecule is CC1=[C-]C(C)C(C)=C1C.C[Si](C)=[Zr+2].Cc1ccc(C)c(-c2c[cH-]c3ccccc23)c1C.[Cl-].[Cl-]. The fourth-order valence-corrected chi connectivity index (χ4v) is 3.90. The van der Waals surface area contributed by atoms with Crippen molar-refractivity contribution in [2.75, 3.05) is 0 Å². The van der Waals surface area contributed by atoms with Gasteiger partial charge in [0.25, 0.3) is 0 Å². The number of benzene rings is 2. The summed E-state index contributed by atoms with van der Waals surface area (Å²) in [6, 6.07) is 17.5. The van der Waals surface area contributed by atoms with E-state index in [1.165, 1.54) is 55.3 Å². The van der Waals surface area contributed by atoms with E-state index in [0.717, 1.165) is 0 Å². The van der Waals surface area contributed by atoms with Gasteiger partial charge in [0.2, 0.25) is 0 Å². The molecule has 0 radical (unpaired) electrons. The third kappa shape index (κ3) is 8.43. The van der Waals surface area contributed by atoms with Crippen molar-refractivity contribution in [3.63, 3.8) is 0 Å². The summed E-state index contributed by atoms with van der Waals surface area (Å²) in [4.78, 5) is 0. The van der Waals surface area contributed by atoms with Crippen LogP contribution in [0.25, 0.3) is 21.9 Å². The van der Waals surface area contributed by atoms with Crippen LogP contribution in [0.1, 0.15) is 44.4 Å². The first-order valence-corrected chi connectivity index (χ1v) is 17.2. The van der Waals surface area contributed by atoms with Crippen LogP contribution in [0.15, 0.2) is 65.3 Å². The van der Waals surface area contributed by atoms with Crippen LogP contribution in [0, 0.1) is 32.8 Å². The zero-order valence-electron chi connectivity index (χ0n) is 21.5. The van der Waals surface area contributed by atoms with Gasteiger partial charge in [-0.25, -0.2) is 5.57 Å². The first-order valence-electron chi connectivity index (χ1n) is 11.1. The van der Waals surface area contributed by atoms with E-state index in [1.807, 2.05) is 0 Å². The van der Waals surface area contributed by atoms with Crippen molar-refractivity contribution in [3.8, 4) is 11.1 Å². The maximum Gasteiger partial charge on any atom is -0.0395 e. The van der Waals surface area contributed by atoms with Gasteiger partial charge in [-0.3, -0.25) is 6.08 Å². The molecular formula is C29H36Cl2SiZr-2. The Kier molecular flexibility index (Phi) is 14.2. The van der Waals surface area contributed by atoms with Crippen LogP contribution < -0.4 is 24.8 Å². The standard InChI is InChI=1S/C18H17.C9H13.C2H6Si.2ClH.Zr/c1-12-8-9-13(2)18(14(12)3)17-11-10-15-6-4-5-7-16(15)17;1-6-5-7(2)9(4)8(6)3;1-3-2;;;/h4-11H,1-3H3;6H,1-4H3;1-2H3;2*1H;/q2*-1;;;;+2/p-2. The summed E-state index contributed by atoms with van der Waals surface area (Å²) in [7, 11) is 0. The van der Waals surface area contributed by atoms with Gasteiger partial charge >= 0.3 is 41.9 Å². The largest absolute Gasteiger partial charge is 1.00 e. The fourth-order valence-electron chi connectivity index (χ4n) is 3.90. The van der Waals surface area contributed by atoms with Crippen LogP contribution in [0.4, 0.5) is 0 Å². The third-order valence-electron chi connectivity index (χ3n) is 6.13. The maximum absolute atomic E-state index is 3.36. The summed E-state index contributed by atoms with van der Waals surface area (Å²) in [5, 5.41) is 2.68. The number of rotatable bonds is 1. The predicted octanol–water partition coefficient (Wildman–Crippen LogP) is 2.67. The van der Waals surface area contributed by atoms with E-state index in [-0.39, 0.29) is 30.2 Å². The Morgan fingerprint density at radius 3 is 1.91 bits per heavy atom. The van der Waals surface area contributed by atoms with Gasteiger partial charge in [0.1, 0.15) is 0 Å². The monoisotopic (exact) mass is 572 g/mol. The molecule has 0 amide bonds. The molecule has 4 heteroatoms. The van der Waals surface area contributed by atoms with Gasteiger partial charge in [-0.15, -0.1) is 53.6 Å². The molecule has 1 aliphatic rings. The van der Waals surface area contributed by atoms with Crippen LogP contribution >= 0.6 is 0 Å². The average molecular weight is 575 g/mol. The first-order chi connectivity index (χ1) is 14.5. The first kappa shape index (κ1) is 32.2. The van der Waals surface area contributed by atoms with Gasteiger partial charge < -0.3 is 24.8 Å². The molecule has 176 valence electrons. The normalized spacial score (nSPS) is 14.3. The molecule has 0 nitrogen and oxygen atoms in total. The molecule has 4 rings (SSSR count). The number of aryl methyl sites for hydroxylation is 2. The van der Waals surface area contributed by atoms with Crippen molar-refractivity contribution >= 4 is 16.2 Å². The van der Waals surface area contributed by atoms with Crippen molar-refractivity contribution in [1.29, 1.82) is 0 Å². The molecule has 3 aromatic rings. The van der Waals surface area contributed by atoms with E-state index >= 15 is 0 Å². The Hall–Kier alpha value is -0.790. The van der Waals surface area contributed by atoms with Crippen LogP contribution in [0.3, 0.4) is 0 Å². The van der Waals surface area contributed by atoms with Gasteiger partial charge in [-0.2, -0.15) is 11.1 Å². The Labute approximate surface area is 229 Å². The molecule has 1 unspecified atom stereocenters. The number of hydrogen-bond donors (Lipinski definition) is 0. The smallest absolute Gasteiger partial charge is 0.0395 e. The molecule has 33 heavy (non-hydrogen) atoms. The van der Waals surface area contributed by atoms with E-state index in [0.29, 0.717) is 5.92 Å². The van der Waals surface area contributed by atoms with E-state index in [4.69, 9.17) is 0 Å². The fraction of sp³-hybridized carbons (Fsp3) is 0.345. The van der Waals surface area contributed by atoms with E-state index in [2.05, 4.69) is 116 Å². The summed E-state index contributed by atoms with van der Waals surface area (Å²) in [6.45, 7) is 19.9. The van der Waals surface area contributed by atoms with E-state index in [1.54, 1.807) is 23.3 Å². The average Bonchev–Trinajstić information content (AvgIpc) is 3.22. The number of allylic oxidation sites excluding steroid dienone is 4. The van der Waals surface area contributed by atoms with Gasteiger partial charge in [-0.05, 0) is 26.3 Å². The van der Waals surface area contributed by atoms with Crippen LogP contribution in [0.5, 0.6) is 0 Å². The molecule has 0 heterocycles. The van der Waals surface area contributed by atoms with Gasteiger partial charge in [-0.1, -0.05) is 61.6 Å². The molecule has 0 bridgehead atoms. The summed E-state index contributed by atoms with van der Waals surface area (Å²) in [6.07, 6.45) is 3.36. The molecule has 0 saturated heterocycles. The van der Waals surface area contributed by atoms with Crippen molar-refractivity contribution in [3.05, 3.63) is 88.0 Å². The van der Waals surface area contributed by atoms with Gasteiger partial charge in [0, 0.05) is 0 Å².